The molecule has 0 saturated heterocycles. The monoisotopic (exact) mass is 406 g/mol. The van der Waals surface area contributed by atoms with Gasteiger partial charge in [-0.05, 0) is 50.5 Å². The van der Waals surface area contributed by atoms with E-state index >= 15 is 0 Å². The van der Waals surface area contributed by atoms with Crippen molar-refractivity contribution in [2.24, 2.45) is 0 Å². The van der Waals surface area contributed by atoms with Crippen LogP contribution in [0.3, 0.4) is 0 Å². The molecule has 30 heavy (non-hydrogen) atoms. The minimum absolute atomic E-state index is 0.0629. The molecule has 1 aromatic carbocycles. The van der Waals surface area contributed by atoms with Gasteiger partial charge in [-0.1, -0.05) is 31.4 Å². The van der Waals surface area contributed by atoms with Gasteiger partial charge >= 0.3 is 5.97 Å². The summed E-state index contributed by atoms with van der Waals surface area (Å²) in [5, 5.41) is 30.7. The van der Waals surface area contributed by atoms with Crippen LogP contribution in [0.5, 0.6) is 0 Å². The van der Waals surface area contributed by atoms with Crippen molar-refractivity contribution in [3.8, 4) is 17.2 Å². The molecule has 1 fully saturated rings. The van der Waals surface area contributed by atoms with Gasteiger partial charge in [0.25, 0.3) is 0 Å². The van der Waals surface area contributed by atoms with E-state index in [2.05, 4.69) is 16.4 Å². The Kier molecular flexibility index (Phi) is 6.68. The van der Waals surface area contributed by atoms with Gasteiger partial charge < -0.3 is 15.2 Å². The maximum absolute atomic E-state index is 11.8. The summed E-state index contributed by atoms with van der Waals surface area (Å²) in [5.74, 6) is -0.849. The van der Waals surface area contributed by atoms with Gasteiger partial charge in [-0.2, -0.15) is 5.26 Å². The van der Waals surface area contributed by atoms with Crippen molar-refractivity contribution in [1.82, 2.24) is 4.98 Å². The molecule has 2 aromatic rings. The minimum Gasteiger partial charge on any atom is -0.477 e. The van der Waals surface area contributed by atoms with Gasteiger partial charge in [-0.25, -0.2) is 9.78 Å². The Hall–Kier alpha value is -3.40. The first-order chi connectivity index (χ1) is 14.4. The van der Waals surface area contributed by atoms with Crippen LogP contribution in [0.1, 0.15) is 67.6 Å². The number of nitriles is 1. The molecule has 1 aromatic heterocycles. The molecule has 1 aliphatic rings. The van der Waals surface area contributed by atoms with Gasteiger partial charge in [-0.3, -0.25) is 5.41 Å². The third-order valence-corrected chi connectivity index (χ3v) is 5.09. The van der Waals surface area contributed by atoms with E-state index in [1.54, 1.807) is 24.3 Å². The fourth-order valence-electron chi connectivity index (χ4n) is 3.68. The van der Waals surface area contributed by atoms with Crippen LogP contribution in [0.4, 0.5) is 5.82 Å². The van der Waals surface area contributed by atoms with Crippen molar-refractivity contribution >= 4 is 17.7 Å². The van der Waals surface area contributed by atoms with Gasteiger partial charge in [0.2, 0.25) is 5.90 Å². The molecule has 0 bridgehead atoms. The first kappa shape index (κ1) is 21.3. The van der Waals surface area contributed by atoms with E-state index in [0.717, 1.165) is 25.7 Å². The highest BCUT2D eigenvalue weighted by Crippen LogP contribution is 2.32. The molecule has 0 atom stereocenters. The normalized spacial score (nSPS) is 14.2. The van der Waals surface area contributed by atoms with E-state index in [0.29, 0.717) is 28.1 Å². The smallest absolute Gasteiger partial charge is 0.354 e. The number of rotatable bonds is 6. The van der Waals surface area contributed by atoms with Crippen molar-refractivity contribution in [3.05, 3.63) is 47.2 Å². The second-order valence-electron chi connectivity index (χ2n) is 7.75. The molecule has 0 spiro atoms. The fraction of sp³-hybridized carbons (Fsp3) is 0.391. The zero-order chi connectivity index (χ0) is 21.7. The van der Waals surface area contributed by atoms with Crippen LogP contribution in [0, 0.1) is 16.7 Å². The minimum atomic E-state index is -1.14. The fourth-order valence-corrected chi connectivity index (χ4v) is 3.68. The van der Waals surface area contributed by atoms with Crippen LogP contribution in [-0.4, -0.2) is 34.1 Å². The van der Waals surface area contributed by atoms with Crippen molar-refractivity contribution in [2.45, 2.75) is 58.1 Å². The molecule has 0 amide bonds. The average Bonchev–Trinajstić information content (AvgIpc) is 2.73. The van der Waals surface area contributed by atoms with E-state index in [4.69, 9.17) is 15.4 Å². The molecule has 1 aliphatic carbocycles. The Morgan fingerprint density at radius 2 is 1.93 bits per heavy atom. The third-order valence-electron chi connectivity index (χ3n) is 5.09. The molecule has 7 nitrogen and oxygen atoms in total. The summed E-state index contributed by atoms with van der Waals surface area (Å²) in [6.07, 6.45) is 5.14. The van der Waals surface area contributed by atoms with Crippen molar-refractivity contribution < 1.29 is 14.6 Å². The first-order valence-electron chi connectivity index (χ1n) is 10.2. The summed E-state index contributed by atoms with van der Waals surface area (Å²) in [4.78, 5) is 16.1. The Labute approximate surface area is 176 Å². The lowest BCUT2D eigenvalue weighted by Crippen LogP contribution is -2.26. The van der Waals surface area contributed by atoms with Crippen LogP contribution < -0.4 is 5.32 Å². The number of aromatic nitrogens is 1. The number of hydrogen-bond acceptors (Lipinski definition) is 6. The molecule has 156 valence electrons. The SMILES string of the molecule is CC(C)OC(=N)c1c(-c2ccc(C#N)cc2)cc(C(=O)O)nc1NC1CCCCC1. The molecule has 3 rings (SSSR count). The van der Waals surface area contributed by atoms with Crippen LogP contribution in [0.15, 0.2) is 30.3 Å². The quantitative estimate of drug-likeness (QED) is 0.468. The summed E-state index contributed by atoms with van der Waals surface area (Å²) in [6.45, 7) is 3.67. The maximum atomic E-state index is 11.8. The lowest BCUT2D eigenvalue weighted by molar-refractivity contribution is 0.0690. The molecule has 1 saturated carbocycles. The van der Waals surface area contributed by atoms with Gasteiger partial charge in [0.05, 0.1) is 23.3 Å². The van der Waals surface area contributed by atoms with E-state index in [1.807, 2.05) is 13.8 Å². The second kappa shape index (κ2) is 9.40. The predicted molar refractivity (Wildman–Crippen MR) is 115 cm³/mol. The van der Waals surface area contributed by atoms with Crippen molar-refractivity contribution in [1.29, 1.82) is 10.7 Å². The van der Waals surface area contributed by atoms with Gasteiger partial charge in [-0.15, -0.1) is 0 Å². The number of anilines is 1. The highest BCUT2D eigenvalue weighted by atomic mass is 16.5. The Morgan fingerprint density at radius 3 is 2.50 bits per heavy atom. The van der Waals surface area contributed by atoms with Crippen molar-refractivity contribution in [3.63, 3.8) is 0 Å². The highest BCUT2D eigenvalue weighted by Gasteiger charge is 2.24. The maximum Gasteiger partial charge on any atom is 0.354 e. The molecular weight excluding hydrogens is 380 g/mol. The van der Waals surface area contributed by atoms with E-state index in [1.165, 1.54) is 12.5 Å². The summed E-state index contributed by atoms with van der Waals surface area (Å²) in [5.41, 5.74) is 2.06. The van der Waals surface area contributed by atoms with E-state index in [9.17, 15) is 9.90 Å². The number of carboxylic acid groups (broad SMARTS) is 1. The summed E-state index contributed by atoms with van der Waals surface area (Å²) in [6, 6.07) is 10.5. The molecule has 0 radical (unpaired) electrons. The number of ether oxygens (including phenoxy) is 1. The Bertz CT molecular complexity index is 971. The van der Waals surface area contributed by atoms with Crippen LogP contribution >= 0.6 is 0 Å². The predicted octanol–water partition coefficient (Wildman–Crippen LogP) is 4.81. The Balaban J connectivity index is 2.16. The highest BCUT2D eigenvalue weighted by molar-refractivity contribution is 6.05. The molecule has 7 heteroatoms. The largest absolute Gasteiger partial charge is 0.477 e. The average molecular weight is 406 g/mol. The molecule has 1 heterocycles. The zero-order valence-corrected chi connectivity index (χ0v) is 17.2. The summed E-state index contributed by atoms with van der Waals surface area (Å²) >= 11 is 0. The number of aromatic carboxylic acids is 1. The zero-order valence-electron chi connectivity index (χ0n) is 17.2. The number of hydrogen-bond donors (Lipinski definition) is 3. The standard InChI is InChI=1S/C23H26N4O3/c1-14(2)30-21(25)20-18(16-10-8-15(13-24)9-11-16)12-19(23(28)29)27-22(20)26-17-6-4-3-5-7-17/h8-12,14,17,25H,3-7H2,1-2H3,(H,26,27)(H,28,29). The lowest BCUT2D eigenvalue weighted by atomic mass is 9.94. The number of carbonyl (C=O) groups is 1. The van der Waals surface area contributed by atoms with Crippen LogP contribution in [-0.2, 0) is 4.74 Å². The number of pyridine rings is 1. The Morgan fingerprint density at radius 1 is 1.27 bits per heavy atom. The van der Waals surface area contributed by atoms with Gasteiger partial charge in [0, 0.05) is 11.6 Å². The molecule has 0 aliphatic heterocycles. The van der Waals surface area contributed by atoms with Gasteiger partial charge in [0.15, 0.2) is 5.69 Å². The molecular formula is C23H26N4O3. The van der Waals surface area contributed by atoms with Crippen LogP contribution in [0.2, 0.25) is 0 Å². The molecule has 0 unspecified atom stereocenters. The summed E-state index contributed by atoms with van der Waals surface area (Å²) in [7, 11) is 0. The number of nitrogens with zero attached hydrogens (tertiary/aromatic N) is 2. The van der Waals surface area contributed by atoms with Crippen LogP contribution in [0.25, 0.3) is 11.1 Å². The third kappa shape index (κ3) is 4.95. The lowest BCUT2D eigenvalue weighted by Gasteiger charge is -2.26. The first-order valence-corrected chi connectivity index (χ1v) is 10.2. The van der Waals surface area contributed by atoms with E-state index in [-0.39, 0.29) is 23.7 Å². The number of benzene rings is 1. The van der Waals surface area contributed by atoms with Gasteiger partial charge in [0.1, 0.15) is 5.82 Å². The summed E-state index contributed by atoms with van der Waals surface area (Å²) < 4.78 is 5.68. The van der Waals surface area contributed by atoms with E-state index < -0.39 is 5.97 Å². The number of carboxylic acids is 1. The van der Waals surface area contributed by atoms with Crippen molar-refractivity contribution in [2.75, 3.05) is 5.32 Å². The molecule has 3 N–H and O–H groups in total. The topological polar surface area (TPSA) is 119 Å². The second-order valence-corrected chi connectivity index (χ2v) is 7.75. The number of nitrogens with one attached hydrogen (secondary N) is 2.